The van der Waals surface area contributed by atoms with Crippen molar-refractivity contribution in [1.29, 1.82) is 0 Å². The highest BCUT2D eigenvalue weighted by Crippen LogP contribution is 2.33. The molecule has 0 radical (unpaired) electrons. The number of hydrogen-bond acceptors (Lipinski definition) is 5. The molecule has 3 rings (SSSR count). The van der Waals surface area contributed by atoms with E-state index < -0.39 is 0 Å². The smallest absolute Gasteiger partial charge is 0.265 e. The molecule has 3 aromatic rings. The first-order chi connectivity index (χ1) is 14.5. The quantitative estimate of drug-likeness (QED) is 0.501. The largest absolute Gasteiger partial charge is 0.493 e. The fraction of sp³-hybridized carbons (Fsp3) is 0.130. The molecule has 1 aromatic heterocycles. The fourth-order valence-electron chi connectivity index (χ4n) is 2.96. The minimum atomic E-state index is -0.303. The van der Waals surface area contributed by atoms with Crippen LogP contribution in [0.25, 0.3) is 0 Å². The van der Waals surface area contributed by atoms with Crippen molar-refractivity contribution in [3.63, 3.8) is 0 Å². The van der Waals surface area contributed by atoms with Gasteiger partial charge in [-0.3, -0.25) is 9.59 Å². The predicted octanol–water partition coefficient (Wildman–Crippen LogP) is 5.00. The van der Waals surface area contributed by atoms with Gasteiger partial charge in [0.15, 0.2) is 11.5 Å². The van der Waals surface area contributed by atoms with Crippen molar-refractivity contribution in [3.05, 3.63) is 82.6 Å². The summed E-state index contributed by atoms with van der Waals surface area (Å²) < 4.78 is 10.8. The standard InChI is InChI=1S/C23H22N2O4S/c1-4-7-15-12-16(13-19(28-2)21(15)29-3)22(26)24-17-8-5-9-18(14-17)25-23(27)20-10-6-11-30-20/h4-6,8-14H,1,7H2,2-3H3,(H,24,26)(H,25,27). The maximum absolute atomic E-state index is 12.8. The van der Waals surface area contributed by atoms with Gasteiger partial charge in [0, 0.05) is 22.5 Å². The van der Waals surface area contributed by atoms with Gasteiger partial charge in [0.1, 0.15) is 0 Å². The Balaban J connectivity index is 1.80. The number of amides is 2. The van der Waals surface area contributed by atoms with Crippen molar-refractivity contribution in [3.8, 4) is 11.5 Å². The lowest BCUT2D eigenvalue weighted by molar-refractivity contribution is 0.102. The van der Waals surface area contributed by atoms with E-state index in [0.29, 0.717) is 39.7 Å². The Bertz CT molecular complexity index is 1060. The van der Waals surface area contributed by atoms with Crippen LogP contribution in [0.5, 0.6) is 11.5 Å². The molecule has 154 valence electrons. The van der Waals surface area contributed by atoms with Crippen LogP contribution in [0.15, 0.2) is 66.6 Å². The molecule has 1 heterocycles. The highest BCUT2D eigenvalue weighted by molar-refractivity contribution is 7.12. The van der Waals surface area contributed by atoms with Crippen molar-refractivity contribution in [1.82, 2.24) is 0 Å². The molecule has 0 aliphatic carbocycles. The van der Waals surface area contributed by atoms with Gasteiger partial charge in [0.25, 0.3) is 11.8 Å². The van der Waals surface area contributed by atoms with Crippen molar-refractivity contribution in [2.75, 3.05) is 24.9 Å². The van der Waals surface area contributed by atoms with E-state index >= 15 is 0 Å². The molecule has 0 saturated heterocycles. The van der Waals surface area contributed by atoms with Crippen LogP contribution in [0.3, 0.4) is 0 Å². The fourth-order valence-corrected chi connectivity index (χ4v) is 3.58. The average Bonchev–Trinajstić information content (AvgIpc) is 3.28. The van der Waals surface area contributed by atoms with Crippen LogP contribution < -0.4 is 20.1 Å². The Hall–Kier alpha value is -3.58. The molecule has 0 atom stereocenters. The average molecular weight is 423 g/mol. The van der Waals surface area contributed by atoms with Crippen LogP contribution in [-0.4, -0.2) is 26.0 Å². The zero-order valence-electron chi connectivity index (χ0n) is 16.7. The molecule has 0 saturated carbocycles. The second-order valence-corrected chi connectivity index (χ2v) is 7.28. The van der Waals surface area contributed by atoms with Crippen molar-refractivity contribution < 1.29 is 19.1 Å². The lowest BCUT2D eigenvalue weighted by Gasteiger charge is -2.14. The van der Waals surface area contributed by atoms with Gasteiger partial charge < -0.3 is 20.1 Å². The number of nitrogens with one attached hydrogen (secondary N) is 2. The molecule has 0 bridgehead atoms. The number of hydrogen-bond donors (Lipinski definition) is 2. The number of ether oxygens (including phenoxy) is 2. The number of carbonyl (C=O) groups is 2. The summed E-state index contributed by atoms with van der Waals surface area (Å²) in [6, 6.07) is 13.9. The summed E-state index contributed by atoms with van der Waals surface area (Å²) in [5.41, 5.74) is 2.38. The molecule has 0 aliphatic rings. The Kier molecular flexibility index (Phi) is 6.87. The lowest BCUT2D eigenvalue weighted by Crippen LogP contribution is -2.14. The van der Waals surface area contributed by atoms with Crippen LogP contribution in [0, 0.1) is 0 Å². The molecule has 0 unspecified atom stereocenters. The molecule has 0 spiro atoms. The first-order valence-corrected chi connectivity index (χ1v) is 10.1. The predicted molar refractivity (Wildman–Crippen MR) is 120 cm³/mol. The van der Waals surface area contributed by atoms with Gasteiger partial charge in [-0.2, -0.15) is 0 Å². The summed E-state index contributed by atoms with van der Waals surface area (Å²) in [4.78, 5) is 25.7. The lowest BCUT2D eigenvalue weighted by atomic mass is 10.0. The second kappa shape index (κ2) is 9.76. The van der Waals surface area contributed by atoms with E-state index in [9.17, 15) is 9.59 Å². The Morgan fingerprint density at radius 3 is 2.33 bits per heavy atom. The number of benzene rings is 2. The zero-order valence-corrected chi connectivity index (χ0v) is 17.5. The SMILES string of the molecule is C=CCc1cc(C(=O)Nc2cccc(NC(=O)c3cccs3)c2)cc(OC)c1OC. The maximum Gasteiger partial charge on any atom is 0.265 e. The van der Waals surface area contributed by atoms with Gasteiger partial charge in [0.05, 0.1) is 19.1 Å². The topological polar surface area (TPSA) is 76.7 Å². The normalized spacial score (nSPS) is 10.2. The molecule has 2 aromatic carbocycles. The third-order valence-corrected chi connectivity index (χ3v) is 5.17. The first-order valence-electron chi connectivity index (χ1n) is 9.17. The van der Waals surface area contributed by atoms with Crippen LogP contribution in [0.2, 0.25) is 0 Å². The third-order valence-electron chi connectivity index (χ3n) is 4.31. The maximum atomic E-state index is 12.8. The van der Waals surface area contributed by atoms with Crippen molar-refractivity contribution in [2.24, 2.45) is 0 Å². The molecule has 7 heteroatoms. The Morgan fingerprint density at radius 1 is 1.00 bits per heavy atom. The molecule has 30 heavy (non-hydrogen) atoms. The van der Waals surface area contributed by atoms with Gasteiger partial charge in [-0.15, -0.1) is 17.9 Å². The van der Waals surface area contributed by atoms with E-state index in [1.165, 1.54) is 18.4 Å². The van der Waals surface area contributed by atoms with Gasteiger partial charge >= 0.3 is 0 Å². The summed E-state index contributed by atoms with van der Waals surface area (Å²) in [6.45, 7) is 3.75. The van der Waals surface area contributed by atoms with Crippen LogP contribution in [-0.2, 0) is 6.42 Å². The van der Waals surface area contributed by atoms with E-state index in [1.54, 1.807) is 55.7 Å². The van der Waals surface area contributed by atoms with Crippen LogP contribution >= 0.6 is 11.3 Å². The van der Waals surface area contributed by atoms with E-state index in [0.717, 1.165) is 5.56 Å². The van der Waals surface area contributed by atoms with Gasteiger partial charge in [-0.1, -0.05) is 18.2 Å². The minimum Gasteiger partial charge on any atom is -0.493 e. The number of anilines is 2. The number of rotatable bonds is 8. The third kappa shape index (κ3) is 4.87. The van der Waals surface area contributed by atoms with E-state index in [2.05, 4.69) is 17.2 Å². The highest BCUT2D eigenvalue weighted by Gasteiger charge is 2.16. The number of carbonyl (C=O) groups excluding carboxylic acids is 2. The van der Waals surface area contributed by atoms with Gasteiger partial charge in [-0.25, -0.2) is 0 Å². The molecule has 6 nitrogen and oxygen atoms in total. The second-order valence-electron chi connectivity index (χ2n) is 6.33. The van der Waals surface area contributed by atoms with Crippen molar-refractivity contribution in [2.45, 2.75) is 6.42 Å². The Labute approximate surface area is 179 Å². The van der Waals surface area contributed by atoms with Gasteiger partial charge in [-0.05, 0) is 48.2 Å². The monoisotopic (exact) mass is 422 g/mol. The molecule has 2 amide bonds. The van der Waals surface area contributed by atoms with Crippen molar-refractivity contribution >= 4 is 34.5 Å². The number of methoxy groups -OCH3 is 2. The first kappa shape index (κ1) is 21.1. The van der Waals surface area contributed by atoms with E-state index in [4.69, 9.17) is 9.47 Å². The summed E-state index contributed by atoms with van der Waals surface area (Å²) >= 11 is 1.36. The molecule has 0 fully saturated rings. The van der Waals surface area contributed by atoms with Crippen LogP contribution in [0.4, 0.5) is 11.4 Å². The summed E-state index contributed by atoms with van der Waals surface area (Å²) in [5, 5.41) is 7.53. The van der Waals surface area contributed by atoms with E-state index in [1.807, 2.05) is 11.4 Å². The Morgan fingerprint density at radius 2 is 1.73 bits per heavy atom. The molecule has 0 aliphatic heterocycles. The zero-order chi connectivity index (χ0) is 21.5. The summed E-state index contributed by atoms with van der Waals surface area (Å²) in [6.07, 6.45) is 2.27. The number of allylic oxidation sites excluding steroid dienone is 1. The summed E-state index contributed by atoms with van der Waals surface area (Å²) in [7, 11) is 3.08. The molecular formula is C23H22N2O4S. The number of thiophene rings is 1. The summed E-state index contributed by atoms with van der Waals surface area (Å²) in [5.74, 6) is 0.552. The van der Waals surface area contributed by atoms with E-state index in [-0.39, 0.29) is 11.8 Å². The van der Waals surface area contributed by atoms with Gasteiger partial charge in [0.2, 0.25) is 0 Å². The molecule has 2 N–H and O–H groups in total. The molecular weight excluding hydrogens is 400 g/mol. The van der Waals surface area contributed by atoms with Crippen LogP contribution in [0.1, 0.15) is 25.6 Å². The highest BCUT2D eigenvalue weighted by atomic mass is 32.1. The minimum absolute atomic E-state index is 0.192.